The maximum Gasteiger partial charge on any atom is 0.331 e. The summed E-state index contributed by atoms with van der Waals surface area (Å²) in [6.45, 7) is 8.28. The van der Waals surface area contributed by atoms with Crippen LogP contribution in [0.1, 0.15) is 53.9 Å². The average Bonchev–Trinajstić information content (AvgIpc) is 2.50. The smallest absolute Gasteiger partial charge is 0.331 e. The Morgan fingerprint density at radius 2 is 1.59 bits per heavy atom. The van der Waals surface area contributed by atoms with Gasteiger partial charge in [0.2, 0.25) is 3.79 Å². The van der Waals surface area contributed by atoms with Crippen molar-refractivity contribution in [2.24, 2.45) is 23.7 Å². The van der Waals surface area contributed by atoms with E-state index in [-0.39, 0.29) is 23.9 Å². The highest BCUT2D eigenvalue weighted by Crippen LogP contribution is 2.49. The van der Waals surface area contributed by atoms with E-state index in [2.05, 4.69) is 0 Å². The van der Waals surface area contributed by atoms with Crippen molar-refractivity contribution in [2.45, 2.75) is 68.9 Å². The number of fused-ring (bicyclic) bond motifs is 2. The Morgan fingerprint density at radius 1 is 1.00 bits per heavy atom. The number of carbonyl (C=O) groups excluding carboxylic acids is 2. The summed E-state index contributed by atoms with van der Waals surface area (Å²) in [5.74, 6) is -4.26. The molecule has 0 saturated heterocycles. The molecule has 0 spiro atoms. The summed E-state index contributed by atoms with van der Waals surface area (Å²) < 4.78 is 9.15. The zero-order valence-electron chi connectivity index (χ0n) is 17.1. The first-order chi connectivity index (χ1) is 13.0. The van der Waals surface area contributed by atoms with Crippen molar-refractivity contribution in [3.8, 4) is 0 Å². The quantitative estimate of drug-likeness (QED) is 0.474. The molecule has 9 heteroatoms. The van der Waals surface area contributed by atoms with E-state index in [1.54, 1.807) is 26.8 Å². The van der Waals surface area contributed by atoms with Gasteiger partial charge in [0.1, 0.15) is 5.60 Å². The zero-order valence-corrected chi connectivity index (χ0v) is 19.4. The van der Waals surface area contributed by atoms with Crippen LogP contribution >= 0.6 is 34.8 Å². The summed E-state index contributed by atoms with van der Waals surface area (Å²) in [5.41, 5.74) is -1.94. The molecular formula is C20H27Cl3O6. The molecule has 4 atom stereocenters. The molecule has 0 aromatic carbocycles. The van der Waals surface area contributed by atoms with Gasteiger partial charge < -0.3 is 14.6 Å². The van der Waals surface area contributed by atoms with Gasteiger partial charge in [0.15, 0.2) is 5.60 Å². The first kappa shape index (κ1) is 24.3. The van der Waals surface area contributed by atoms with Crippen molar-refractivity contribution in [2.75, 3.05) is 0 Å². The lowest BCUT2D eigenvalue weighted by atomic mass is 9.61. The summed E-state index contributed by atoms with van der Waals surface area (Å²) in [7, 11) is 0. The van der Waals surface area contributed by atoms with Gasteiger partial charge in [-0.1, -0.05) is 40.9 Å². The molecule has 0 aromatic heterocycles. The molecule has 0 radical (unpaired) electrons. The summed E-state index contributed by atoms with van der Waals surface area (Å²) in [6, 6.07) is 0. The lowest BCUT2D eigenvalue weighted by Crippen LogP contribution is -2.49. The second-order valence-electron chi connectivity index (χ2n) is 9.22. The lowest BCUT2D eigenvalue weighted by Gasteiger charge is -2.44. The number of aliphatic carboxylic acids is 1. The van der Waals surface area contributed by atoms with Crippen LogP contribution in [0.3, 0.4) is 0 Å². The molecule has 1 N–H and O–H groups in total. The topological polar surface area (TPSA) is 89.9 Å². The number of esters is 2. The molecular weight excluding hydrogens is 443 g/mol. The van der Waals surface area contributed by atoms with Crippen molar-refractivity contribution in [1.82, 2.24) is 0 Å². The highest BCUT2D eigenvalue weighted by molar-refractivity contribution is 6.68. The third-order valence-corrected chi connectivity index (χ3v) is 6.77. The number of hydrogen-bond acceptors (Lipinski definition) is 5. The summed E-state index contributed by atoms with van der Waals surface area (Å²) in [5, 5.41) is 9.62. The Morgan fingerprint density at radius 3 is 2.07 bits per heavy atom. The van der Waals surface area contributed by atoms with E-state index >= 15 is 0 Å². The van der Waals surface area contributed by atoms with E-state index in [4.69, 9.17) is 44.3 Å². The van der Waals surface area contributed by atoms with Crippen LogP contribution in [0.15, 0.2) is 11.6 Å². The molecule has 2 aliphatic carbocycles. The van der Waals surface area contributed by atoms with Gasteiger partial charge in [-0.15, -0.1) is 0 Å². The van der Waals surface area contributed by atoms with E-state index in [1.165, 1.54) is 13.8 Å². The number of halogens is 3. The number of hydrogen-bond donors (Lipinski definition) is 1. The largest absolute Gasteiger partial charge is 0.478 e. The maximum atomic E-state index is 13.0. The molecule has 2 aliphatic rings. The standard InChI is InChI=1S/C20H27Cl3O6/c1-18(2,3)28-16(26)11-8-10-6-7-12(15(24)25)13(9-11)14(10)17(27)29-19(4,5)20(21,22)23/h7,10-11,13-14H,6,8-9H2,1-5H3,(H,24,25). The fourth-order valence-electron chi connectivity index (χ4n) is 3.94. The molecule has 0 aromatic rings. The number of allylic oxidation sites excluding steroid dienone is 1. The van der Waals surface area contributed by atoms with Gasteiger partial charge in [-0.3, -0.25) is 9.59 Å². The van der Waals surface area contributed by atoms with Crippen molar-refractivity contribution in [1.29, 1.82) is 0 Å². The number of carbonyl (C=O) groups is 3. The minimum absolute atomic E-state index is 0.114. The van der Waals surface area contributed by atoms with Crippen LogP contribution in [0, 0.1) is 23.7 Å². The van der Waals surface area contributed by atoms with Crippen LogP contribution in [-0.2, 0) is 23.9 Å². The third kappa shape index (κ3) is 5.59. The number of carboxylic acid groups (broad SMARTS) is 1. The number of carboxylic acids is 1. The normalized spacial score (nSPS) is 27.7. The molecule has 0 amide bonds. The minimum Gasteiger partial charge on any atom is -0.478 e. The summed E-state index contributed by atoms with van der Waals surface area (Å²) in [4.78, 5) is 37.4. The van der Waals surface area contributed by atoms with E-state index in [0.29, 0.717) is 12.8 Å². The SMILES string of the molecule is CC(C)(C)OC(=O)C1CC2CC=C(C(=O)O)C(C1)C2C(=O)OC(C)(C)C(Cl)(Cl)Cl. The number of ether oxygens (including phenoxy) is 2. The fraction of sp³-hybridized carbons (Fsp3) is 0.750. The Kier molecular flexibility index (Phi) is 6.93. The van der Waals surface area contributed by atoms with Gasteiger partial charge in [-0.05, 0) is 59.8 Å². The van der Waals surface area contributed by atoms with Gasteiger partial charge >= 0.3 is 17.9 Å². The van der Waals surface area contributed by atoms with Gasteiger partial charge in [-0.25, -0.2) is 4.79 Å². The van der Waals surface area contributed by atoms with Gasteiger partial charge in [0.05, 0.1) is 11.8 Å². The van der Waals surface area contributed by atoms with Crippen LogP contribution in [0.4, 0.5) is 0 Å². The van der Waals surface area contributed by atoms with Gasteiger partial charge in [0, 0.05) is 11.5 Å². The lowest BCUT2D eigenvalue weighted by molar-refractivity contribution is -0.173. The highest BCUT2D eigenvalue weighted by Gasteiger charge is 2.52. The van der Waals surface area contributed by atoms with Gasteiger partial charge in [-0.2, -0.15) is 0 Å². The molecule has 164 valence electrons. The molecule has 0 heterocycles. The second kappa shape index (κ2) is 8.27. The van der Waals surface area contributed by atoms with E-state index < -0.39 is 44.7 Å². The average molecular weight is 470 g/mol. The molecule has 6 nitrogen and oxygen atoms in total. The fourth-order valence-corrected chi connectivity index (χ4v) is 4.06. The molecule has 29 heavy (non-hydrogen) atoms. The third-order valence-electron chi connectivity index (χ3n) is 5.40. The predicted octanol–water partition coefficient (Wildman–Crippen LogP) is 4.69. The molecule has 1 fully saturated rings. The van der Waals surface area contributed by atoms with Gasteiger partial charge in [0.25, 0.3) is 0 Å². The molecule has 1 saturated carbocycles. The van der Waals surface area contributed by atoms with E-state index in [1.807, 2.05) is 0 Å². The first-order valence-corrected chi connectivity index (χ1v) is 10.6. The molecule has 2 rings (SSSR count). The minimum atomic E-state index is -1.85. The predicted molar refractivity (Wildman–Crippen MR) is 110 cm³/mol. The van der Waals surface area contributed by atoms with E-state index in [0.717, 1.165) is 0 Å². The van der Waals surface area contributed by atoms with Crippen LogP contribution in [0.5, 0.6) is 0 Å². The molecule has 0 aliphatic heterocycles. The first-order valence-electron chi connectivity index (χ1n) is 9.49. The Balaban J connectivity index is 2.29. The summed E-state index contributed by atoms with van der Waals surface area (Å²) >= 11 is 17.8. The van der Waals surface area contributed by atoms with Crippen LogP contribution in [0.2, 0.25) is 0 Å². The van der Waals surface area contributed by atoms with Crippen LogP contribution in [0.25, 0.3) is 0 Å². The number of alkyl halides is 3. The Hall–Kier alpha value is -0.980. The zero-order chi connectivity index (χ0) is 22.4. The monoisotopic (exact) mass is 468 g/mol. The van der Waals surface area contributed by atoms with Crippen molar-refractivity contribution >= 4 is 52.7 Å². The highest BCUT2D eigenvalue weighted by atomic mass is 35.6. The van der Waals surface area contributed by atoms with Crippen LogP contribution < -0.4 is 0 Å². The maximum absolute atomic E-state index is 13.0. The molecule has 2 bridgehead atoms. The van der Waals surface area contributed by atoms with Crippen molar-refractivity contribution < 1.29 is 29.0 Å². The summed E-state index contributed by atoms with van der Waals surface area (Å²) in [6.07, 6.45) is 2.58. The Bertz CT molecular complexity index is 717. The van der Waals surface area contributed by atoms with Crippen molar-refractivity contribution in [3.05, 3.63) is 11.6 Å². The molecule has 4 unspecified atom stereocenters. The van der Waals surface area contributed by atoms with E-state index in [9.17, 15) is 19.5 Å². The van der Waals surface area contributed by atoms with Crippen LogP contribution in [-0.4, -0.2) is 38.0 Å². The Labute approximate surface area is 185 Å². The second-order valence-corrected chi connectivity index (χ2v) is 11.5. The number of rotatable bonds is 4. The van der Waals surface area contributed by atoms with Crippen molar-refractivity contribution in [3.63, 3.8) is 0 Å².